The zero-order valence-electron chi connectivity index (χ0n) is 12.8. The highest BCUT2D eigenvalue weighted by Crippen LogP contribution is 2.39. The number of non-ortho nitro benzene ring substituents is 1. The smallest absolute Gasteiger partial charge is 0.269 e. The molecule has 0 spiro atoms. The fourth-order valence-corrected chi connectivity index (χ4v) is 2.72. The largest absolute Gasteiger partial charge is 0.303 e. The van der Waals surface area contributed by atoms with E-state index in [-0.39, 0.29) is 23.4 Å². The molecule has 25 heavy (non-hydrogen) atoms. The molecule has 2 aromatic carbocycles. The normalized spacial score (nSPS) is 12.3. The van der Waals surface area contributed by atoms with Gasteiger partial charge in [0.1, 0.15) is 17.7 Å². The molecule has 1 aliphatic heterocycles. The van der Waals surface area contributed by atoms with E-state index in [4.69, 9.17) is 10.5 Å². The van der Waals surface area contributed by atoms with Crippen LogP contribution in [0, 0.1) is 32.8 Å². The Morgan fingerprint density at radius 3 is 2.32 bits per heavy atom. The minimum absolute atomic E-state index is 0.0336. The lowest BCUT2D eigenvalue weighted by Gasteiger charge is -2.17. The van der Waals surface area contributed by atoms with Crippen molar-refractivity contribution in [3.63, 3.8) is 0 Å². The number of para-hydroxylation sites is 1. The van der Waals surface area contributed by atoms with Gasteiger partial charge in [-0.15, -0.1) is 0 Å². The highest BCUT2D eigenvalue weighted by molar-refractivity contribution is 6.34. The number of hydrogen-bond donors (Lipinski definition) is 0. The van der Waals surface area contributed by atoms with Crippen LogP contribution in [0.4, 0.5) is 11.4 Å². The number of allylic oxidation sites excluding steroid dienone is 1. The number of rotatable bonds is 3. The molecule has 7 heteroatoms. The summed E-state index contributed by atoms with van der Waals surface area (Å²) in [6.45, 7) is 0.182. The zero-order chi connectivity index (χ0) is 18.0. The van der Waals surface area contributed by atoms with E-state index in [1.165, 1.54) is 17.0 Å². The molecule has 0 saturated heterocycles. The van der Waals surface area contributed by atoms with Crippen molar-refractivity contribution in [2.45, 2.75) is 6.54 Å². The number of nitriles is 2. The van der Waals surface area contributed by atoms with Crippen molar-refractivity contribution in [2.75, 3.05) is 4.90 Å². The summed E-state index contributed by atoms with van der Waals surface area (Å²) in [4.78, 5) is 24.5. The number of anilines is 1. The predicted molar refractivity (Wildman–Crippen MR) is 88.9 cm³/mol. The molecule has 3 rings (SSSR count). The molecule has 0 N–H and O–H groups in total. The lowest BCUT2D eigenvalue weighted by molar-refractivity contribution is -0.384. The van der Waals surface area contributed by atoms with Crippen LogP contribution in [0.15, 0.2) is 54.1 Å². The number of nitrogens with zero attached hydrogens (tertiary/aromatic N) is 4. The molecule has 7 nitrogen and oxygen atoms in total. The molecule has 0 saturated carbocycles. The van der Waals surface area contributed by atoms with Gasteiger partial charge in [0.25, 0.3) is 11.6 Å². The molecule has 1 heterocycles. The third-order valence-electron chi connectivity index (χ3n) is 3.88. The van der Waals surface area contributed by atoms with Gasteiger partial charge in [0.2, 0.25) is 0 Å². The molecule has 0 fully saturated rings. The molecule has 1 amide bonds. The fraction of sp³-hybridized carbons (Fsp3) is 0.0556. The van der Waals surface area contributed by atoms with Gasteiger partial charge in [-0.05, 0) is 11.6 Å². The summed E-state index contributed by atoms with van der Waals surface area (Å²) < 4.78 is 0. The van der Waals surface area contributed by atoms with E-state index in [0.29, 0.717) is 16.8 Å². The molecular weight excluding hydrogens is 320 g/mol. The van der Waals surface area contributed by atoms with Crippen LogP contribution in [-0.2, 0) is 11.3 Å². The Morgan fingerprint density at radius 1 is 1.08 bits per heavy atom. The van der Waals surface area contributed by atoms with Crippen LogP contribution in [0.25, 0.3) is 5.57 Å². The first kappa shape index (κ1) is 15.9. The Bertz CT molecular complexity index is 978. The van der Waals surface area contributed by atoms with Crippen LogP contribution < -0.4 is 4.90 Å². The van der Waals surface area contributed by atoms with Crippen molar-refractivity contribution in [3.05, 3.63) is 75.3 Å². The summed E-state index contributed by atoms with van der Waals surface area (Å²) in [7, 11) is 0. The van der Waals surface area contributed by atoms with Crippen LogP contribution in [0.2, 0.25) is 0 Å². The maximum atomic E-state index is 12.8. The van der Waals surface area contributed by atoms with Crippen molar-refractivity contribution >= 4 is 22.9 Å². The summed E-state index contributed by atoms with van der Waals surface area (Å²) in [6.07, 6.45) is 0. The van der Waals surface area contributed by atoms with Crippen LogP contribution >= 0.6 is 0 Å². The van der Waals surface area contributed by atoms with Crippen LogP contribution in [-0.4, -0.2) is 10.8 Å². The van der Waals surface area contributed by atoms with E-state index < -0.39 is 10.8 Å². The Morgan fingerprint density at radius 2 is 1.72 bits per heavy atom. The average Bonchev–Trinajstić information content (AvgIpc) is 2.90. The molecule has 0 atom stereocenters. The maximum Gasteiger partial charge on any atom is 0.269 e. The van der Waals surface area contributed by atoms with Crippen molar-refractivity contribution in [2.24, 2.45) is 0 Å². The number of amides is 1. The van der Waals surface area contributed by atoms with Gasteiger partial charge >= 0.3 is 0 Å². The molecule has 0 bridgehead atoms. The van der Waals surface area contributed by atoms with Crippen LogP contribution in [0.5, 0.6) is 0 Å². The molecule has 0 aromatic heterocycles. The summed E-state index contributed by atoms with van der Waals surface area (Å²) in [5, 5.41) is 29.0. The number of carbonyl (C=O) groups excluding carboxylic acids is 1. The summed E-state index contributed by atoms with van der Waals surface area (Å²) in [5.74, 6) is -0.433. The first-order valence-electron chi connectivity index (χ1n) is 7.26. The number of fused-ring (bicyclic) bond motifs is 1. The fourth-order valence-electron chi connectivity index (χ4n) is 2.72. The zero-order valence-corrected chi connectivity index (χ0v) is 12.8. The molecule has 1 aliphatic rings. The summed E-state index contributed by atoms with van der Waals surface area (Å²) in [5.41, 5.74) is 1.65. The van der Waals surface area contributed by atoms with Gasteiger partial charge in [0.05, 0.1) is 22.7 Å². The third-order valence-corrected chi connectivity index (χ3v) is 3.88. The van der Waals surface area contributed by atoms with E-state index in [9.17, 15) is 14.9 Å². The van der Waals surface area contributed by atoms with Gasteiger partial charge in [-0.2, -0.15) is 10.5 Å². The number of hydrogen-bond acceptors (Lipinski definition) is 5. The van der Waals surface area contributed by atoms with E-state index >= 15 is 0 Å². The summed E-state index contributed by atoms with van der Waals surface area (Å²) >= 11 is 0. The van der Waals surface area contributed by atoms with E-state index in [1.807, 2.05) is 0 Å². The van der Waals surface area contributed by atoms with Gasteiger partial charge in [0, 0.05) is 17.7 Å². The second-order valence-electron chi connectivity index (χ2n) is 5.31. The SMILES string of the molecule is N#CC(C#N)=C1C(=O)N(Cc2ccc([N+](=O)[O-])cc2)c2ccccc21. The Hall–Kier alpha value is -3.97. The highest BCUT2D eigenvalue weighted by Gasteiger charge is 2.34. The quantitative estimate of drug-likeness (QED) is 0.372. The first-order chi connectivity index (χ1) is 12.1. The van der Waals surface area contributed by atoms with E-state index in [0.717, 1.165) is 0 Å². The number of nitro groups is 1. The van der Waals surface area contributed by atoms with E-state index in [1.54, 1.807) is 48.5 Å². The van der Waals surface area contributed by atoms with Crippen molar-refractivity contribution in [1.29, 1.82) is 10.5 Å². The highest BCUT2D eigenvalue weighted by atomic mass is 16.6. The monoisotopic (exact) mass is 330 g/mol. The lowest BCUT2D eigenvalue weighted by atomic mass is 10.0. The lowest BCUT2D eigenvalue weighted by Crippen LogP contribution is -2.26. The first-order valence-corrected chi connectivity index (χ1v) is 7.26. The number of carbonyl (C=O) groups is 1. The van der Waals surface area contributed by atoms with Gasteiger partial charge in [-0.25, -0.2) is 0 Å². The van der Waals surface area contributed by atoms with Gasteiger partial charge < -0.3 is 4.90 Å². The van der Waals surface area contributed by atoms with Crippen LogP contribution in [0.1, 0.15) is 11.1 Å². The second-order valence-corrected chi connectivity index (χ2v) is 5.31. The molecular formula is C18H10N4O3. The van der Waals surface area contributed by atoms with E-state index in [2.05, 4.69) is 0 Å². The molecule has 0 unspecified atom stereocenters. The Balaban J connectivity index is 2.02. The minimum atomic E-state index is -0.493. The van der Waals surface area contributed by atoms with Gasteiger partial charge in [-0.1, -0.05) is 30.3 Å². The van der Waals surface area contributed by atoms with Gasteiger partial charge in [-0.3, -0.25) is 14.9 Å². The molecule has 2 aromatic rings. The van der Waals surface area contributed by atoms with Crippen LogP contribution in [0.3, 0.4) is 0 Å². The maximum absolute atomic E-state index is 12.8. The second kappa shape index (κ2) is 6.26. The third kappa shape index (κ3) is 2.71. The summed E-state index contributed by atoms with van der Waals surface area (Å²) in [6, 6.07) is 16.3. The number of nitro benzene ring substituents is 1. The predicted octanol–water partition coefficient (Wildman–Crippen LogP) is 2.94. The Labute approximate surface area is 142 Å². The minimum Gasteiger partial charge on any atom is -0.303 e. The van der Waals surface area contributed by atoms with Crippen molar-refractivity contribution in [3.8, 4) is 12.1 Å². The standard InChI is InChI=1S/C18H10N4O3/c19-9-13(10-20)17-15-3-1-2-4-16(15)21(18(17)23)11-12-5-7-14(8-6-12)22(24)25/h1-8H,11H2. The van der Waals surface area contributed by atoms with Crippen molar-refractivity contribution in [1.82, 2.24) is 0 Å². The average molecular weight is 330 g/mol. The number of benzene rings is 2. The molecule has 120 valence electrons. The molecule has 0 aliphatic carbocycles. The van der Waals surface area contributed by atoms with Crippen molar-refractivity contribution < 1.29 is 9.72 Å². The Kier molecular flexibility index (Phi) is 3.99. The topological polar surface area (TPSA) is 111 Å². The molecule has 0 radical (unpaired) electrons. The van der Waals surface area contributed by atoms with Gasteiger partial charge in [0.15, 0.2) is 0 Å².